The highest BCUT2D eigenvalue weighted by Crippen LogP contribution is 2.25. The summed E-state index contributed by atoms with van der Waals surface area (Å²) in [6.45, 7) is 2.09. The first kappa shape index (κ1) is 13.3. The van der Waals surface area contributed by atoms with Gasteiger partial charge in [0.15, 0.2) is 5.13 Å². The lowest BCUT2D eigenvalue weighted by atomic mass is 10.1. The highest BCUT2D eigenvalue weighted by molar-refractivity contribution is 7.22. The summed E-state index contributed by atoms with van der Waals surface area (Å²) in [5, 5.41) is 0.628. The van der Waals surface area contributed by atoms with Crippen molar-refractivity contribution in [2.75, 3.05) is 5.73 Å². The van der Waals surface area contributed by atoms with Crippen LogP contribution >= 0.6 is 11.3 Å². The molecule has 22 heavy (non-hydrogen) atoms. The molecule has 0 atom stereocenters. The number of benzene rings is 1. The normalized spacial score (nSPS) is 11.5. The molecule has 0 spiro atoms. The molecule has 2 N–H and O–H groups in total. The zero-order chi connectivity index (χ0) is 15.1. The maximum Gasteiger partial charge on any atom is 0.181 e. The van der Waals surface area contributed by atoms with Gasteiger partial charge in [0.05, 0.1) is 15.9 Å². The van der Waals surface area contributed by atoms with Crippen LogP contribution in [0.15, 0.2) is 42.7 Å². The highest BCUT2D eigenvalue weighted by atomic mass is 32.1. The van der Waals surface area contributed by atoms with Gasteiger partial charge in [-0.1, -0.05) is 17.4 Å². The second-order valence-electron chi connectivity index (χ2n) is 5.56. The zero-order valence-electron chi connectivity index (χ0n) is 12.3. The first-order valence-corrected chi connectivity index (χ1v) is 8.08. The maximum atomic E-state index is 5.76. The van der Waals surface area contributed by atoms with E-state index in [1.807, 2.05) is 6.07 Å². The average molecular weight is 308 g/mol. The number of rotatable bonds is 3. The minimum absolute atomic E-state index is 0.628. The number of fused-ring (bicyclic) bond motifs is 2. The second kappa shape index (κ2) is 5.10. The minimum Gasteiger partial charge on any atom is -0.375 e. The molecule has 0 saturated carbocycles. The van der Waals surface area contributed by atoms with Crippen LogP contribution in [0.3, 0.4) is 0 Å². The molecule has 0 aliphatic carbocycles. The first-order valence-electron chi connectivity index (χ1n) is 7.26. The van der Waals surface area contributed by atoms with Crippen molar-refractivity contribution in [2.24, 2.45) is 0 Å². The fourth-order valence-corrected chi connectivity index (χ4v) is 3.47. The third-order valence-electron chi connectivity index (χ3n) is 3.80. The summed E-state index contributed by atoms with van der Waals surface area (Å²) in [4.78, 5) is 8.98. The molecule has 110 valence electrons. The van der Waals surface area contributed by atoms with Crippen molar-refractivity contribution >= 4 is 32.3 Å². The van der Waals surface area contributed by atoms with Crippen LogP contribution in [0.25, 0.3) is 15.9 Å². The van der Waals surface area contributed by atoms with E-state index < -0.39 is 0 Å². The Morgan fingerprint density at radius 3 is 2.95 bits per heavy atom. The Bertz CT molecular complexity index is 965. The molecular formula is C17H16N4S. The predicted octanol–water partition coefficient (Wildman–Crippen LogP) is 3.62. The van der Waals surface area contributed by atoms with Gasteiger partial charge in [0.2, 0.25) is 0 Å². The summed E-state index contributed by atoms with van der Waals surface area (Å²) in [7, 11) is 0. The zero-order valence-corrected chi connectivity index (χ0v) is 13.1. The predicted molar refractivity (Wildman–Crippen MR) is 91.4 cm³/mol. The van der Waals surface area contributed by atoms with E-state index in [1.54, 1.807) is 11.3 Å². The van der Waals surface area contributed by atoms with Crippen molar-refractivity contribution in [3.8, 4) is 0 Å². The molecule has 4 aromatic rings. The number of aromatic nitrogens is 3. The molecule has 3 aromatic heterocycles. The number of nitrogen functional groups attached to an aromatic ring is 1. The number of pyridine rings is 1. The summed E-state index contributed by atoms with van der Waals surface area (Å²) in [6.07, 6.45) is 6.07. The van der Waals surface area contributed by atoms with Gasteiger partial charge >= 0.3 is 0 Å². The molecule has 3 heterocycles. The van der Waals surface area contributed by atoms with Crippen molar-refractivity contribution in [3.63, 3.8) is 0 Å². The number of hydrogen-bond acceptors (Lipinski definition) is 4. The van der Waals surface area contributed by atoms with E-state index in [2.05, 4.69) is 58.0 Å². The van der Waals surface area contributed by atoms with E-state index in [9.17, 15) is 0 Å². The molecule has 0 radical (unpaired) electrons. The number of hydrogen-bond donors (Lipinski definition) is 1. The fourth-order valence-electron chi connectivity index (χ4n) is 2.67. The molecule has 1 aromatic carbocycles. The minimum atomic E-state index is 0.628. The molecule has 0 unspecified atom stereocenters. The van der Waals surface area contributed by atoms with Gasteiger partial charge in [0.25, 0.3) is 0 Å². The van der Waals surface area contributed by atoms with Crippen LogP contribution in [0.2, 0.25) is 0 Å². The summed E-state index contributed by atoms with van der Waals surface area (Å²) < 4.78 is 3.23. The Morgan fingerprint density at radius 2 is 2.05 bits per heavy atom. The summed E-state index contributed by atoms with van der Waals surface area (Å²) in [5.74, 6) is 0. The van der Waals surface area contributed by atoms with Gasteiger partial charge in [-0.3, -0.25) is 0 Å². The van der Waals surface area contributed by atoms with Gasteiger partial charge in [-0.05, 0) is 55.2 Å². The van der Waals surface area contributed by atoms with Crippen molar-refractivity contribution in [1.82, 2.24) is 14.4 Å². The molecule has 0 aliphatic rings. The smallest absolute Gasteiger partial charge is 0.181 e. The van der Waals surface area contributed by atoms with E-state index in [4.69, 9.17) is 5.73 Å². The molecule has 4 nitrogen and oxygen atoms in total. The highest BCUT2D eigenvalue weighted by Gasteiger charge is 2.05. The Labute approximate surface area is 132 Å². The van der Waals surface area contributed by atoms with Gasteiger partial charge < -0.3 is 10.1 Å². The van der Waals surface area contributed by atoms with Gasteiger partial charge in [-0.25, -0.2) is 9.97 Å². The van der Waals surface area contributed by atoms with E-state index in [-0.39, 0.29) is 0 Å². The van der Waals surface area contributed by atoms with Gasteiger partial charge in [-0.2, -0.15) is 0 Å². The van der Waals surface area contributed by atoms with E-state index in [0.29, 0.717) is 5.13 Å². The Kier molecular flexibility index (Phi) is 3.08. The topological polar surface area (TPSA) is 56.2 Å². The van der Waals surface area contributed by atoms with Gasteiger partial charge in [-0.15, -0.1) is 0 Å². The van der Waals surface area contributed by atoms with Crippen LogP contribution in [0.5, 0.6) is 0 Å². The standard InChI is InChI=1S/C17H16N4S/c1-11-6-7-21-10-13(19-16(21)8-11)4-2-12-3-5-14-15(9-12)22-17(18)20-14/h3,5-10H,2,4H2,1H3,(H2,18,20). The van der Waals surface area contributed by atoms with Crippen LogP contribution < -0.4 is 5.73 Å². The summed E-state index contributed by atoms with van der Waals surface area (Å²) in [6, 6.07) is 10.6. The molecule has 0 bridgehead atoms. The van der Waals surface area contributed by atoms with Crippen molar-refractivity contribution in [1.29, 1.82) is 0 Å². The van der Waals surface area contributed by atoms with E-state index in [0.717, 1.165) is 34.4 Å². The Hall–Kier alpha value is -2.40. The monoisotopic (exact) mass is 308 g/mol. The molecule has 4 rings (SSSR count). The van der Waals surface area contributed by atoms with E-state index >= 15 is 0 Å². The van der Waals surface area contributed by atoms with Gasteiger partial charge in [0.1, 0.15) is 5.65 Å². The Morgan fingerprint density at radius 1 is 1.14 bits per heavy atom. The molecular weight excluding hydrogens is 292 g/mol. The SMILES string of the molecule is Cc1ccn2cc(CCc3ccc4nc(N)sc4c3)nc2c1. The van der Waals surface area contributed by atoms with Crippen molar-refractivity contribution in [2.45, 2.75) is 19.8 Å². The number of nitrogens with two attached hydrogens (primary N) is 1. The largest absolute Gasteiger partial charge is 0.375 e. The lowest BCUT2D eigenvalue weighted by Gasteiger charge is -1.99. The quantitative estimate of drug-likeness (QED) is 0.629. The fraction of sp³-hybridized carbons (Fsp3) is 0.176. The lowest BCUT2D eigenvalue weighted by Crippen LogP contribution is -1.91. The number of aryl methyl sites for hydroxylation is 3. The average Bonchev–Trinajstić information content (AvgIpc) is 3.05. The number of anilines is 1. The third kappa shape index (κ3) is 2.44. The van der Waals surface area contributed by atoms with Crippen LogP contribution in [-0.2, 0) is 12.8 Å². The Balaban J connectivity index is 1.56. The summed E-state index contributed by atoms with van der Waals surface area (Å²) >= 11 is 1.54. The number of nitrogens with zero attached hydrogens (tertiary/aromatic N) is 3. The number of imidazole rings is 1. The van der Waals surface area contributed by atoms with Crippen LogP contribution in [-0.4, -0.2) is 14.4 Å². The number of thiazole rings is 1. The molecule has 0 saturated heterocycles. The van der Waals surface area contributed by atoms with E-state index in [1.165, 1.54) is 11.1 Å². The second-order valence-corrected chi connectivity index (χ2v) is 6.62. The summed E-state index contributed by atoms with van der Waals surface area (Å²) in [5.41, 5.74) is 11.4. The van der Waals surface area contributed by atoms with Crippen LogP contribution in [0.1, 0.15) is 16.8 Å². The molecule has 0 fully saturated rings. The van der Waals surface area contributed by atoms with Crippen LogP contribution in [0, 0.1) is 6.92 Å². The third-order valence-corrected chi connectivity index (χ3v) is 4.65. The molecule has 5 heteroatoms. The first-order chi connectivity index (χ1) is 10.7. The maximum absolute atomic E-state index is 5.76. The van der Waals surface area contributed by atoms with Crippen LogP contribution in [0.4, 0.5) is 5.13 Å². The van der Waals surface area contributed by atoms with Gasteiger partial charge in [0, 0.05) is 12.4 Å². The van der Waals surface area contributed by atoms with Crippen molar-refractivity contribution < 1.29 is 0 Å². The lowest BCUT2D eigenvalue weighted by molar-refractivity contribution is 0.929. The van der Waals surface area contributed by atoms with Crippen molar-refractivity contribution in [3.05, 3.63) is 59.5 Å². The molecule has 0 aliphatic heterocycles. The molecule has 0 amide bonds.